The molecule has 1 unspecified atom stereocenters. The van der Waals surface area contributed by atoms with Gasteiger partial charge in [-0.1, -0.05) is 42.5 Å². The van der Waals surface area contributed by atoms with Gasteiger partial charge >= 0.3 is 0 Å². The van der Waals surface area contributed by atoms with Gasteiger partial charge in [0.1, 0.15) is 0 Å². The van der Waals surface area contributed by atoms with Crippen molar-refractivity contribution in [3.63, 3.8) is 0 Å². The first-order valence-corrected chi connectivity index (χ1v) is 5.25. The summed E-state index contributed by atoms with van der Waals surface area (Å²) in [5.41, 5.74) is 1.19. The maximum Gasteiger partial charge on any atom is 0.0717 e. The lowest BCUT2D eigenvalue weighted by Gasteiger charge is -2.02. The second kappa shape index (κ2) is 7.21. The Labute approximate surface area is 91.2 Å². The number of hydrogen-bond donors (Lipinski definition) is 1. The van der Waals surface area contributed by atoms with Gasteiger partial charge in [-0.25, -0.2) is 0 Å². The first-order chi connectivity index (χ1) is 7.29. The first-order valence-electron chi connectivity index (χ1n) is 5.25. The topological polar surface area (TPSA) is 29.5 Å². The second-order valence-electron chi connectivity index (χ2n) is 3.50. The van der Waals surface area contributed by atoms with Gasteiger partial charge in [0.25, 0.3) is 0 Å². The van der Waals surface area contributed by atoms with Crippen LogP contribution in [-0.2, 0) is 11.3 Å². The monoisotopic (exact) mass is 206 g/mol. The molecule has 0 heterocycles. The summed E-state index contributed by atoms with van der Waals surface area (Å²) in [6.07, 6.45) is 4.19. The minimum Gasteiger partial charge on any atom is -0.389 e. The summed E-state index contributed by atoms with van der Waals surface area (Å²) in [7, 11) is 0. The molecule has 0 aliphatic rings. The van der Waals surface area contributed by atoms with E-state index in [1.54, 1.807) is 13.0 Å². The minimum absolute atomic E-state index is 0.362. The van der Waals surface area contributed by atoms with Crippen LogP contribution >= 0.6 is 0 Å². The Morgan fingerprint density at radius 1 is 1.33 bits per heavy atom. The van der Waals surface area contributed by atoms with Crippen molar-refractivity contribution in [2.75, 3.05) is 6.61 Å². The standard InChI is InChI=1S/C13H18O2/c1-12(14)7-5-6-10-15-11-13-8-3-2-4-9-13/h2-5,7-9,12,14H,6,10-11H2,1H3/b7-5+. The number of aliphatic hydroxyl groups excluding tert-OH is 1. The van der Waals surface area contributed by atoms with Gasteiger partial charge in [-0.15, -0.1) is 0 Å². The minimum atomic E-state index is -0.362. The molecule has 0 aliphatic heterocycles. The molecule has 0 saturated carbocycles. The second-order valence-corrected chi connectivity index (χ2v) is 3.50. The Morgan fingerprint density at radius 2 is 2.07 bits per heavy atom. The molecule has 1 N–H and O–H groups in total. The summed E-state index contributed by atoms with van der Waals surface area (Å²) in [6.45, 7) is 3.09. The predicted molar refractivity (Wildman–Crippen MR) is 61.5 cm³/mol. The van der Waals surface area contributed by atoms with E-state index in [2.05, 4.69) is 0 Å². The molecule has 0 radical (unpaired) electrons. The fourth-order valence-corrected chi connectivity index (χ4v) is 1.21. The van der Waals surface area contributed by atoms with Crippen LogP contribution in [-0.4, -0.2) is 17.8 Å². The molecule has 82 valence electrons. The van der Waals surface area contributed by atoms with Crippen molar-refractivity contribution in [3.8, 4) is 0 Å². The van der Waals surface area contributed by atoms with Crippen molar-refractivity contribution in [1.29, 1.82) is 0 Å². The van der Waals surface area contributed by atoms with Crippen molar-refractivity contribution in [1.82, 2.24) is 0 Å². The van der Waals surface area contributed by atoms with Gasteiger partial charge in [0.05, 0.1) is 19.3 Å². The fraction of sp³-hybridized carbons (Fsp3) is 0.385. The van der Waals surface area contributed by atoms with E-state index in [0.29, 0.717) is 13.2 Å². The lowest BCUT2D eigenvalue weighted by atomic mass is 10.2. The largest absolute Gasteiger partial charge is 0.389 e. The highest BCUT2D eigenvalue weighted by atomic mass is 16.5. The molecule has 0 aromatic heterocycles. The van der Waals surface area contributed by atoms with E-state index < -0.39 is 0 Å². The number of aliphatic hydroxyl groups is 1. The summed E-state index contributed by atoms with van der Waals surface area (Å²) >= 11 is 0. The van der Waals surface area contributed by atoms with Gasteiger partial charge in [0.2, 0.25) is 0 Å². The van der Waals surface area contributed by atoms with Gasteiger partial charge in [-0.2, -0.15) is 0 Å². The van der Waals surface area contributed by atoms with E-state index in [1.807, 2.05) is 36.4 Å². The highest BCUT2D eigenvalue weighted by Gasteiger charge is 1.90. The van der Waals surface area contributed by atoms with Crippen LogP contribution in [0.2, 0.25) is 0 Å². The Balaban J connectivity index is 2.07. The molecule has 0 amide bonds. The third-order valence-corrected chi connectivity index (χ3v) is 1.96. The SMILES string of the molecule is CC(O)/C=C/CCOCc1ccccc1. The van der Waals surface area contributed by atoms with Crippen LogP contribution in [0, 0.1) is 0 Å². The predicted octanol–water partition coefficient (Wildman–Crippen LogP) is 2.53. The molecule has 0 aliphatic carbocycles. The number of rotatable bonds is 6. The molecule has 2 heteroatoms. The molecule has 0 saturated heterocycles. The summed E-state index contributed by atoms with van der Waals surface area (Å²) in [6, 6.07) is 10.1. The summed E-state index contributed by atoms with van der Waals surface area (Å²) < 4.78 is 5.47. The molecule has 1 aromatic carbocycles. The summed E-state index contributed by atoms with van der Waals surface area (Å²) in [5, 5.41) is 8.96. The average molecular weight is 206 g/mol. The van der Waals surface area contributed by atoms with Crippen LogP contribution in [0.25, 0.3) is 0 Å². The zero-order valence-electron chi connectivity index (χ0n) is 9.10. The molecule has 1 rings (SSSR count). The molecule has 0 bridgehead atoms. The lowest BCUT2D eigenvalue weighted by Crippen LogP contribution is -1.95. The zero-order chi connectivity index (χ0) is 10.9. The molecule has 0 fully saturated rings. The van der Waals surface area contributed by atoms with Crippen LogP contribution in [0.15, 0.2) is 42.5 Å². The van der Waals surface area contributed by atoms with Crippen molar-refractivity contribution in [2.45, 2.75) is 26.1 Å². The number of benzene rings is 1. The van der Waals surface area contributed by atoms with Gasteiger partial charge < -0.3 is 9.84 Å². The van der Waals surface area contributed by atoms with Crippen molar-refractivity contribution < 1.29 is 9.84 Å². The zero-order valence-corrected chi connectivity index (χ0v) is 9.10. The Hall–Kier alpha value is -1.12. The normalized spacial score (nSPS) is 13.2. The fourth-order valence-electron chi connectivity index (χ4n) is 1.21. The summed E-state index contributed by atoms with van der Waals surface area (Å²) in [4.78, 5) is 0. The average Bonchev–Trinajstić information content (AvgIpc) is 2.24. The first kappa shape index (κ1) is 12.0. The van der Waals surface area contributed by atoms with Gasteiger partial charge in [0.15, 0.2) is 0 Å². The smallest absolute Gasteiger partial charge is 0.0717 e. The van der Waals surface area contributed by atoms with Gasteiger partial charge in [-0.05, 0) is 18.9 Å². The lowest BCUT2D eigenvalue weighted by molar-refractivity contribution is 0.125. The molecule has 1 atom stereocenters. The highest BCUT2D eigenvalue weighted by Crippen LogP contribution is 2.00. The third-order valence-electron chi connectivity index (χ3n) is 1.96. The molecular formula is C13H18O2. The van der Waals surface area contributed by atoms with Crippen LogP contribution in [0.1, 0.15) is 18.9 Å². The molecule has 15 heavy (non-hydrogen) atoms. The Morgan fingerprint density at radius 3 is 2.73 bits per heavy atom. The van der Waals surface area contributed by atoms with Crippen molar-refractivity contribution in [2.24, 2.45) is 0 Å². The molecule has 2 nitrogen and oxygen atoms in total. The van der Waals surface area contributed by atoms with Crippen LogP contribution in [0.3, 0.4) is 0 Å². The van der Waals surface area contributed by atoms with Crippen LogP contribution in [0.4, 0.5) is 0 Å². The van der Waals surface area contributed by atoms with E-state index in [-0.39, 0.29) is 6.10 Å². The van der Waals surface area contributed by atoms with E-state index in [1.165, 1.54) is 5.56 Å². The summed E-state index contributed by atoms with van der Waals surface area (Å²) in [5.74, 6) is 0. The van der Waals surface area contributed by atoms with E-state index in [9.17, 15) is 0 Å². The van der Waals surface area contributed by atoms with Crippen LogP contribution in [0.5, 0.6) is 0 Å². The van der Waals surface area contributed by atoms with E-state index in [0.717, 1.165) is 6.42 Å². The van der Waals surface area contributed by atoms with Crippen molar-refractivity contribution in [3.05, 3.63) is 48.0 Å². The molecular weight excluding hydrogens is 188 g/mol. The number of hydrogen-bond acceptors (Lipinski definition) is 2. The highest BCUT2D eigenvalue weighted by molar-refractivity contribution is 5.13. The van der Waals surface area contributed by atoms with E-state index in [4.69, 9.17) is 9.84 Å². The van der Waals surface area contributed by atoms with Crippen LogP contribution < -0.4 is 0 Å². The third kappa shape index (κ3) is 6.05. The molecule has 1 aromatic rings. The van der Waals surface area contributed by atoms with Gasteiger partial charge in [-0.3, -0.25) is 0 Å². The van der Waals surface area contributed by atoms with E-state index >= 15 is 0 Å². The van der Waals surface area contributed by atoms with Crippen molar-refractivity contribution >= 4 is 0 Å². The Kier molecular flexibility index (Phi) is 5.74. The number of ether oxygens (including phenoxy) is 1. The quantitative estimate of drug-likeness (QED) is 0.572. The maximum atomic E-state index is 8.96. The maximum absolute atomic E-state index is 8.96. The van der Waals surface area contributed by atoms with Gasteiger partial charge in [0, 0.05) is 0 Å². The Bertz CT molecular complexity index is 278. The molecule has 0 spiro atoms.